The summed E-state index contributed by atoms with van der Waals surface area (Å²) in [5, 5.41) is 4.16. The summed E-state index contributed by atoms with van der Waals surface area (Å²) >= 11 is 6.13. The minimum Gasteiger partial charge on any atom is -0.465 e. The van der Waals surface area contributed by atoms with E-state index in [-0.39, 0.29) is 0 Å². The van der Waals surface area contributed by atoms with Crippen molar-refractivity contribution in [1.29, 1.82) is 0 Å². The number of hydrogen-bond donors (Lipinski definition) is 1. The van der Waals surface area contributed by atoms with Crippen LogP contribution in [0.5, 0.6) is 11.5 Å². The van der Waals surface area contributed by atoms with Crippen molar-refractivity contribution in [2.75, 3.05) is 58.3 Å². The van der Waals surface area contributed by atoms with Gasteiger partial charge in [-0.05, 0) is 92.4 Å². The quantitative estimate of drug-likeness (QED) is 0.207. The Morgan fingerprint density at radius 3 is 2.34 bits per heavy atom. The molecule has 0 radical (unpaired) electrons. The molecule has 1 N–H and O–H groups in total. The van der Waals surface area contributed by atoms with Gasteiger partial charge in [-0.15, -0.1) is 0 Å². The van der Waals surface area contributed by atoms with Crippen LogP contribution in [-0.4, -0.2) is 75.2 Å². The van der Waals surface area contributed by atoms with Gasteiger partial charge in [-0.1, -0.05) is 49.0 Å². The Hall–Kier alpha value is -3.94. The molecule has 1 heterocycles. The zero-order valence-electron chi connectivity index (χ0n) is 25.9. The number of methoxy groups -OCH3 is 1. The fraction of sp³-hybridized carbons (Fsp3) is 0.361. The molecule has 1 saturated heterocycles. The first kappa shape index (κ1) is 31.5. The van der Waals surface area contributed by atoms with Crippen LogP contribution in [0.1, 0.15) is 34.3 Å². The van der Waals surface area contributed by atoms with E-state index in [4.69, 9.17) is 21.1 Å². The molecule has 3 aromatic carbocycles. The number of hydrogen-bond acceptors (Lipinski definition) is 7. The highest BCUT2D eigenvalue weighted by atomic mass is 35.5. The minimum absolute atomic E-state index is 0.328. The van der Waals surface area contributed by atoms with Crippen LogP contribution >= 0.6 is 11.6 Å². The van der Waals surface area contributed by atoms with Crippen LogP contribution in [0.25, 0.3) is 0 Å². The van der Waals surface area contributed by atoms with Gasteiger partial charge in [0.1, 0.15) is 5.75 Å². The van der Waals surface area contributed by atoms with Crippen LogP contribution < -0.4 is 15.0 Å². The monoisotopic (exact) mass is 614 g/mol. The molecule has 0 saturated carbocycles. The highest BCUT2D eigenvalue weighted by Gasteiger charge is 2.27. The molecule has 8 heteroatoms. The number of carbonyl (C=O) groups excluding carboxylic acids is 1. The maximum Gasteiger partial charge on any atom is 0.337 e. The Morgan fingerprint density at radius 2 is 1.68 bits per heavy atom. The molecular formula is C36H43ClN4O3. The van der Waals surface area contributed by atoms with Gasteiger partial charge < -0.3 is 29.5 Å². The van der Waals surface area contributed by atoms with E-state index in [9.17, 15) is 4.79 Å². The number of carbonyl (C=O) groups is 1. The molecule has 0 aromatic heterocycles. The number of ether oxygens (including phenoxy) is 2. The number of likely N-dealkylation sites (tertiary alicyclic amines) is 1. The Labute approximate surface area is 266 Å². The summed E-state index contributed by atoms with van der Waals surface area (Å²) in [7, 11) is 3.51. The minimum atomic E-state index is -0.411. The molecular weight excluding hydrogens is 572 g/mol. The summed E-state index contributed by atoms with van der Waals surface area (Å²) < 4.78 is 11.4. The number of nitrogens with zero attached hydrogens (tertiary/aromatic N) is 3. The predicted molar refractivity (Wildman–Crippen MR) is 179 cm³/mol. The van der Waals surface area contributed by atoms with Gasteiger partial charge in [0.15, 0.2) is 5.75 Å². The zero-order valence-corrected chi connectivity index (χ0v) is 26.6. The van der Waals surface area contributed by atoms with E-state index >= 15 is 0 Å². The van der Waals surface area contributed by atoms with Crippen molar-refractivity contribution < 1.29 is 14.3 Å². The smallest absolute Gasteiger partial charge is 0.337 e. The maximum atomic E-state index is 12.6. The number of rotatable bonds is 14. The van der Waals surface area contributed by atoms with E-state index in [1.54, 1.807) is 18.2 Å². The lowest BCUT2D eigenvalue weighted by atomic mass is 10.1. The molecule has 5 rings (SSSR count). The summed E-state index contributed by atoms with van der Waals surface area (Å²) in [5.41, 5.74) is 5.83. The summed E-state index contributed by atoms with van der Waals surface area (Å²) in [6, 6.07) is 21.6. The largest absolute Gasteiger partial charge is 0.465 e. The van der Waals surface area contributed by atoms with E-state index in [0.717, 1.165) is 56.1 Å². The number of benzene rings is 3. The number of anilines is 1. The van der Waals surface area contributed by atoms with Crippen molar-refractivity contribution in [2.24, 2.45) is 0 Å². The zero-order chi connectivity index (χ0) is 31.1. The Balaban J connectivity index is 1.40. The first-order valence-electron chi connectivity index (χ1n) is 15.3. The molecule has 232 valence electrons. The van der Waals surface area contributed by atoms with Crippen molar-refractivity contribution in [3.63, 3.8) is 0 Å². The van der Waals surface area contributed by atoms with E-state index in [0.29, 0.717) is 41.2 Å². The Bertz CT molecular complexity index is 1440. The molecule has 7 nitrogen and oxygen atoms in total. The van der Waals surface area contributed by atoms with Crippen LogP contribution in [-0.2, 0) is 17.6 Å². The number of fused-ring (bicyclic) bond motifs is 1. The van der Waals surface area contributed by atoms with E-state index in [2.05, 4.69) is 64.5 Å². The first-order valence-corrected chi connectivity index (χ1v) is 15.7. The van der Waals surface area contributed by atoms with Gasteiger partial charge in [-0.25, -0.2) is 4.79 Å². The molecule has 1 fully saturated rings. The fourth-order valence-corrected chi connectivity index (χ4v) is 6.16. The lowest BCUT2D eigenvalue weighted by Crippen LogP contribution is -2.39. The lowest BCUT2D eigenvalue weighted by Gasteiger charge is -2.34. The van der Waals surface area contributed by atoms with Gasteiger partial charge >= 0.3 is 5.97 Å². The normalized spacial score (nSPS) is 14.6. The molecule has 0 unspecified atom stereocenters. The van der Waals surface area contributed by atoms with Gasteiger partial charge in [0.25, 0.3) is 0 Å². The van der Waals surface area contributed by atoms with Crippen molar-refractivity contribution in [2.45, 2.75) is 31.7 Å². The molecule has 0 bridgehead atoms. The van der Waals surface area contributed by atoms with Crippen LogP contribution in [0.15, 0.2) is 91.3 Å². The molecule has 2 aliphatic rings. The average Bonchev–Trinajstić information content (AvgIpc) is 3.71. The maximum absolute atomic E-state index is 12.6. The van der Waals surface area contributed by atoms with E-state index < -0.39 is 5.97 Å². The summed E-state index contributed by atoms with van der Waals surface area (Å²) in [4.78, 5) is 19.6. The van der Waals surface area contributed by atoms with E-state index in [1.807, 2.05) is 24.3 Å². The van der Waals surface area contributed by atoms with Crippen LogP contribution in [0.4, 0.5) is 5.69 Å². The predicted octanol–water partition coefficient (Wildman–Crippen LogP) is 6.54. The standard InChI is InChI=1S/C36H43ClN4O3/c1-26(38-17-20-40-18-7-8-19-40)24-41(25-27(2)39(3)32-21-28-9-5-6-10-29(28)22-32)34-23-30(36(42)43-4)11-16-35(34)44-33-14-12-31(37)13-15-33/h5-6,9-16,23,32,38H,1-2,7-8,17-22,24-25H2,3-4H3. The topological polar surface area (TPSA) is 57.3 Å². The highest BCUT2D eigenvalue weighted by Crippen LogP contribution is 2.35. The van der Waals surface area contributed by atoms with Crippen LogP contribution in [0, 0.1) is 0 Å². The summed E-state index contributed by atoms with van der Waals surface area (Å²) in [6.45, 7) is 14.0. The molecule has 0 atom stereocenters. The Morgan fingerprint density at radius 1 is 1.00 bits per heavy atom. The van der Waals surface area contributed by atoms with Crippen molar-refractivity contribution in [1.82, 2.24) is 15.1 Å². The summed E-state index contributed by atoms with van der Waals surface area (Å²) in [6.07, 6.45) is 4.51. The second kappa shape index (κ2) is 14.7. The Kier molecular flexibility index (Phi) is 10.5. The number of esters is 1. The molecule has 0 amide bonds. The van der Waals surface area contributed by atoms with Crippen molar-refractivity contribution >= 4 is 23.3 Å². The second-order valence-corrected chi connectivity index (χ2v) is 12.1. The van der Waals surface area contributed by atoms with Gasteiger partial charge in [0, 0.05) is 42.6 Å². The number of halogens is 1. The molecule has 3 aromatic rings. The molecule has 1 aliphatic carbocycles. The molecule has 1 aliphatic heterocycles. The lowest BCUT2D eigenvalue weighted by molar-refractivity contribution is 0.0600. The number of likely N-dealkylation sites (N-methyl/N-ethyl adjacent to an activating group) is 1. The van der Waals surface area contributed by atoms with Crippen LogP contribution in [0.3, 0.4) is 0 Å². The summed E-state index contributed by atoms with van der Waals surface area (Å²) in [5.74, 6) is 0.837. The first-order chi connectivity index (χ1) is 21.3. The van der Waals surface area contributed by atoms with Gasteiger partial charge in [-0.2, -0.15) is 0 Å². The third kappa shape index (κ3) is 7.96. The second-order valence-electron chi connectivity index (χ2n) is 11.7. The van der Waals surface area contributed by atoms with Gasteiger partial charge in [0.2, 0.25) is 0 Å². The molecule has 0 spiro atoms. The number of nitrogens with one attached hydrogen (secondary N) is 1. The SMILES string of the molecule is C=C(CN(CC(=C)N(C)C1Cc2ccccc2C1)c1cc(C(=O)OC)ccc1Oc1ccc(Cl)cc1)NCCN1CCCC1. The van der Waals surface area contributed by atoms with Crippen molar-refractivity contribution in [3.8, 4) is 11.5 Å². The third-order valence-electron chi connectivity index (χ3n) is 8.59. The van der Waals surface area contributed by atoms with Crippen molar-refractivity contribution in [3.05, 3.63) is 113 Å². The fourth-order valence-electron chi connectivity index (χ4n) is 6.03. The van der Waals surface area contributed by atoms with Gasteiger partial charge in [-0.3, -0.25) is 0 Å². The molecule has 44 heavy (non-hydrogen) atoms. The van der Waals surface area contributed by atoms with Gasteiger partial charge in [0.05, 0.1) is 31.5 Å². The van der Waals surface area contributed by atoms with Crippen LogP contribution in [0.2, 0.25) is 5.02 Å². The highest BCUT2D eigenvalue weighted by molar-refractivity contribution is 6.30. The third-order valence-corrected chi connectivity index (χ3v) is 8.85. The average molecular weight is 615 g/mol. The van der Waals surface area contributed by atoms with E-state index in [1.165, 1.54) is 31.1 Å².